The number of benzene rings is 1. The first-order valence-electron chi connectivity index (χ1n) is 8.66. The molecule has 150 valence electrons. The molecule has 0 spiro atoms. The van der Waals surface area contributed by atoms with Crippen molar-refractivity contribution >= 4 is 17.8 Å². The van der Waals surface area contributed by atoms with Gasteiger partial charge in [-0.25, -0.2) is 4.79 Å². The van der Waals surface area contributed by atoms with Gasteiger partial charge in [-0.3, -0.25) is 9.59 Å². The zero-order valence-corrected chi connectivity index (χ0v) is 15.3. The SMILES string of the molecule is Cc1ccc(OCC(=O)N[C@@H](CCC(N)=O)C(=O)O)cc1.O[C@@H]1CCNC1. The number of carboxylic acids is 1. The van der Waals surface area contributed by atoms with Crippen LogP contribution in [-0.2, 0) is 14.4 Å². The summed E-state index contributed by atoms with van der Waals surface area (Å²) in [6.07, 6.45) is 0.696. The van der Waals surface area contributed by atoms with Crippen LogP contribution in [0.25, 0.3) is 0 Å². The highest BCUT2D eigenvalue weighted by Crippen LogP contribution is 2.11. The Morgan fingerprint density at radius 2 is 2.00 bits per heavy atom. The van der Waals surface area contributed by atoms with Gasteiger partial charge in [0.2, 0.25) is 5.91 Å². The minimum Gasteiger partial charge on any atom is -0.484 e. The van der Waals surface area contributed by atoms with Crippen LogP contribution in [0.1, 0.15) is 24.8 Å². The number of carboxylic acid groups (broad SMARTS) is 1. The molecule has 1 aliphatic rings. The van der Waals surface area contributed by atoms with Gasteiger partial charge in [-0.15, -0.1) is 0 Å². The lowest BCUT2D eigenvalue weighted by Gasteiger charge is -2.14. The summed E-state index contributed by atoms with van der Waals surface area (Å²) in [5.41, 5.74) is 6.01. The third kappa shape index (κ3) is 10.2. The first-order valence-corrected chi connectivity index (χ1v) is 8.66. The molecule has 9 nitrogen and oxygen atoms in total. The van der Waals surface area contributed by atoms with E-state index in [-0.39, 0.29) is 25.6 Å². The minimum absolute atomic E-state index is 0.0546. The number of aliphatic hydroxyl groups excluding tert-OH is 1. The summed E-state index contributed by atoms with van der Waals surface area (Å²) in [5, 5.41) is 22.9. The average molecular weight is 381 g/mol. The Bertz CT molecular complexity index is 614. The van der Waals surface area contributed by atoms with Gasteiger partial charge in [0.25, 0.3) is 5.91 Å². The second-order valence-corrected chi connectivity index (χ2v) is 6.21. The fourth-order valence-electron chi connectivity index (χ4n) is 2.20. The molecule has 27 heavy (non-hydrogen) atoms. The number of carbonyl (C=O) groups is 3. The van der Waals surface area contributed by atoms with E-state index in [2.05, 4.69) is 10.6 Å². The molecule has 1 aromatic carbocycles. The second kappa shape index (κ2) is 11.9. The first-order chi connectivity index (χ1) is 12.8. The van der Waals surface area contributed by atoms with Crippen LogP contribution in [0.15, 0.2) is 24.3 Å². The van der Waals surface area contributed by atoms with Crippen molar-refractivity contribution in [3.05, 3.63) is 29.8 Å². The zero-order valence-electron chi connectivity index (χ0n) is 15.3. The predicted molar refractivity (Wildman–Crippen MR) is 98.2 cm³/mol. The fourth-order valence-corrected chi connectivity index (χ4v) is 2.20. The largest absolute Gasteiger partial charge is 0.484 e. The Morgan fingerprint density at radius 3 is 2.44 bits per heavy atom. The summed E-state index contributed by atoms with van der Waals surface area (Å²) in [5.74, 6) is -1.90. The fraction of sp³-hybridized carbons (Fsp3) is 0.500. The first kappa shape index (κ1) is 22.4. The number of amides is 2. The van der Waals surface area contributed by atoms with E-state index in [9.17, 15) is 14.4 Å². The molecule has 6 N–H and O–H groups in total. The van der Waals surface area contributed by atoms with Gasteiger partial charge in [0.1, 0.15) is 11.8 Å². The van der Waals surface area contributed by atoms with Gasteiger partial charge in [-0.05, 0) is 38.4 Å². The summed E-state index contributed by atoms with van der Waals surface area (Å²) in [7, 11) is 0. The number of ether oxygens (including phenoxy) is 1. The molecule has 1 saturated heterocycles. The van der Waals surface area contributed by atoms with Gasteiger partial charge in [0, 0.05) is 13.0 Å². The van der Waals surface area contributed by atoms with Gasteiger partial charge in [0.15, 0.2) is 6.61 Å². The topological polar surface area (TPSA) is 151 Å². The van der Waals surface area contributed by atoms with E-state index in [4.69, 9.17) is 20.7 Å². The number of hydrogen-bond acceptors (Lipinski definition) is 6. The quantitative estimate of drug-likeness (QED) is 0.409. The van der Waals surface area contributed by atoms with Crippen LogP contribution < -0.4 is 21.1 Å². The number of primary amides is 1. The minimum atomic E-state index is -1.22. The van der Waals surface area contributed by atoms with Crippen molar-refractivity contribution in [1.82, 2.24) is 10.6 Å². The molecule has 0 saturated carbocycles. The number of rotatable bonds is 8. The Kier molecular flexibility index (Phi) is 9.84. The molecule has 0 aliphatic carbocycles. The highest BCUT2D eigenvalue weighted by Gasteiger charge is 2.20. The summed E-state index contributed by atoms with van der Waals surface area (Å²) in [6, 6.07) is 5.93. The van der Waals surface area contributed by atoms with E-state index in [1.54, 1.807) is 12.1 Å². The molecule has 1 heterocycles. The third-order valence-corrected chi connectivity index (χ3v) is 3.74. The molecule has 0 bridgehead atoms. The molecule has 1 fully saturated rings. The summed E-state index contributed by atoms with van der Waals surface area (Å²) >= 11 is 0. The van der Waals surface area contributed by atoms with Gasteiger partial charge in [-0.1, -0.05) is 17.7 Å². The lowest BCUT2D eigenvalue weighted by atomic mass is 10.1. The predicted octanol–water partition coefficient (Wildman–Crippen LogP) is -0.451. The Hall–Kier alpha value is -2.65. The normalized spacial score (nSPS) is 16.6. The summed E-state index contributed by atoms with van der Waals surface area (Å²) in [6.45, 7) is 3.40. The molecule has 0 aromatic heterocycles. The van der Waals surface area contributed by atoms with E-state index in [0.717, 1.165) is 25.1 Å². The number of β-amino-alcohol motifs (C(OH)–C–C–N with tert-alkyl or cyclic N) is 1. The van der Waals surface area contributed by atoms with Crippen molar-refractivity contribution in [1.29, 1.82) is 0 Å². The van der Waals surface area contributed by atoms with E-state index >= 15 is 0 Å². The van der Waals surface area contributed by atoms with Crippen LogP contribution in [0.3, 0.4) is 0 Å². The van der Waals surface area contributed by atoms with Gasteiger partial charge >= 0.3 is 5.97 Å². The highest BCUT2D eigenvalue weighted by molar-refractivity contribution is 5.85. The highest BCUT2D eigenvalue weighted by atomic mass is 16.5. The van der Waals surface area contributed by atoms with Gasteiger partial charge in [0.05, 0.1) is 6.10 Å². The molecule has 1 aliphatic heterocycles. The third-order valence-electron chi connectivity index (χ3n) is 3.74. The van der Waals surface area contributed by atoms with Crippen molar-refractivity contribution in [3.63, 3.8) is 0 Å². The Labute approximate surface area is 157 Å². The molecule has 2 amide bonds. The van der Waals surface area contributed by atoms with Gasteiger partial charge in [-0.2, -0.15) is 0 Å². The monoisotopic (exact) mass is 381 g/mol. The number of aryl methyl sites for hydroxylation is 1. The molecule has 9 heteroatoms. The Balaban J connectivity index is 0.000000511. The van der Waals surface area contributed by atoms with Crippen molar-refractivity contribution in [2.75, 3.05) is 19.7 Å². The second-order valence-electron chi connectivity index (χ2n) is 6.21. The molecule has 2 atom stereocenters. The maximum atomic E-state index is 11.6. The van der Waals surface area contributed by atoms with E-state index in [1.165, 1.54) is 0 Å². The lowest BCUT2D eigenvalue weighted by Crippen LogP contribution is -2.43. The van der Waals surface area contributed by atoms with Crippen LogP contribution in [0.4, 0.5) is 0 Å². The average Bonchev–Trinajstić information content (AvgIpc) is 3.09. The van der Waals surface area contributed by atoms with E-state index in [0.29, 0.717) is 5.75 Å². The molecular formula is C18H27N3O6. The van der Waals surface area contributed by atoms with Crippen LogP contribution in [0.5, 0.6) is 5.75 Å². The van der Waals surface area contributed by atoms with Crippen molar-refractivity contribution in [2.45, 2.75) is 38.3 Å². The number of aliphatic carboxylic acids is 1. The number of aliphatic hydroxyl groups is 1. The molecular weight excluding hydrogens is 354 g/mol. The molecule has 2 rings (SSSR count). The lowest BCUT2D eigenvalue weighted by molar-refractivity contribution is -0.142. The number of hydrogen-bond donors (Lipinski definition) is 5. The van der Waals surface area contributed by atoms with Crippen LogP contribution in [0.2, 0.25) is 0 Å². The summed E-state index contributed by atoms with van der Waals surface area (Å²) < 4.78 is 5.23. The van der Waals surface area contributed by atoms with Crippen LogP contribution >= 0.6 is 0 Å². The molecule has 1 aromatic rings. The zero-order chi connectivity index (χ0) is 20.2. The van der Waals surface area contributed by atoms with Crippen LogP contribution in [0, 0.1) is 6.92 Å². The smallest absolute Gasteiger partial charge is 0.326 e. The number of nitrogens with one attached hydrogen (secondary N) is 2. The number of nitrogens with two attached hydrogens (primary N) is 1. The molecule has 0 radical (unpaired) electrons. The van der Waals surface area contributed by atoms with Crippen molar-refractivity contribution < 1.29 is 29.3 Å². The standard InChI is InChI=1S/C14H18N2O5.C4H9NO/c1-9-2-4-10(5-3-9)21-8-13(18)16-11(14(19)20)6-7-12(15)17;6-4-1-2-5-3-4/h2-5,11H,6-8H2,1H3,(H2,15,17)(H,16,18)(H,19,20);4-6H,1-3H2/t11-;4-/m01/s1. The van der Waals surface area contributed by atoms with E-state index in [1.807, 2.05) is 19.1 Å². The Morgan fingerprint density at radius 1 is 1.33 bits per heavy atom. The van der Waals surface area contributed by atoms with Crippen LogP contribution in [-0.4, -0.2) is 59.8 Å². The van der Waals surface area contributed by atoms with Crippen molar-refractivity contribution in [3.8, 4) is 5.75 Å². The molecule has 0 unspecified atom stereocenters. The number of carbonyl (C=O) groups excluding carboxylic acids is 2. The van der Waals surface area contributed by atoms with E-state index < -0.39 is 23.8 Å². The maximum absolute atomic E-state index is 11.6. The summed E-state index contributed by atoms with van der Waals surface area (Å²) in [4.78, 5) is 33.2. The van der Waals surface area contributed by atoms with Crippen molar-refractivity contribution in [2.24, 2.45) is 5.73 Å². The van der Waals surface area contributed by atoms with Gasteiger partial charge < -0.3 is 31.3 Å². The maximum Gasteiger partial charge on any atom is 0.326 e.